The number of carboxylic acid groups (broad SMARTS) is 1. The van der Waals surface area contributed by atoms with E-state index in [2.05, 4.69) is 5.32 Å². The van der Waals surface area contributed by atoms with Gasteiger partial charge >= 0.3 is 5.97 Å². The molecule has 0 spiro atoms. The van der Waals surface area contributed by atoms with Crippen LogP contribution < -0.4 is 5.32 Å². The SMILES string of the molecule is CCC(C)NC(C(=O)O)c1ccc(O)cc1. The lowest BCUT2D eigenvalue weighted by atomic mass is 10.1. The van der Waals surface area contributed by atoms with Gasteiger partial charge in [-0.1, -0.05) is 19.1 Å². The summed E-state index contributed by atoms with van der Waals surface area (Å²) in [5.41, 5.74) is 0.644. The van der Waals surface area contributed by atoms with Gasteiger partial charge in [0.15, 0.2) is 0 Å². The second-order valence-electron chi connectivity index (χ2n) is 3.84. The van der Waals surface area contributed by atoms with Gasteiger partial charge in [-0.15, -0.1) is 0 Å². The van der Waals surface area contributed by atoms with E-state index in [0.29, 0.717) is 5.56 Å². The highest BCUT2D eigenvalue weighted by Crippen LogP contribution is 2.18. The molecule has 4 nitrogen and oxygen atoms in total. The normalized spacial score (nSPS) is 14.4. The van der Waals surface area contributed by atoms with Crippen LogP contribution in [-0.4, -0.2) is 22.2 Å². The van der Waals surface area contributed by atoms with E-state index in [1.807, 2.05) is 13.8 Å². The van der Waals surface area contributed by atoms with E-state index in [1.54, 1.807) is 12.1 Å². The smallest absolute Gasteiger partial charge is 0.325 e. The molecule has 0 bridgehead atoms. The van der Waals surface area contributed by atoms with Crippen LogP contribution >= 0.6 is 0 Å². The summed E-state index contributed by atoms with van der Waals surface area (Å²) in [7, 11) is 0. The summed E-state index contributed by atoms with van der Waals surface area (Å²) in [6, 6.07) is 5.62. The second kappa shape index (κ2) is 5.51. The molecule has 1 aromatic rings. The maximum Gasteiger partial charge on any atom is 0.325 e. The molecule has 88 valence electrons. The lowest BCUT2D eigenvalue weighted by molar-refractivity contribution is -0.139. The van der Waals surface area contributed by atoms with Gasteiger partial charge in [0.1, 0.15) is 11.8 Å². The molecule has 0 aliphatic heterocycles. The minimum absolute atomic E-state index is 0.134. The van der Waals surface area contributed by atoms with E-state index in [4.69, 9.17) is 10.2 Å². The zero-order valence-electron chi connectivity index (χ0n) is 9.47. The van der Waals surface area contributed by atoms with Crippen LogP contribution in [0.4, 0.5) is 0 Å². The molecular weight excluding hydrogens is 206 g/mol. The number of rotatable bonds is 5. The lowest BCUT2D eigenvalue weighted by Crippen LogP contribution is -2.34. The van der Waals surface area contributed by atoms with Gasteiger partial charge in [0.05, 0.1) is 0 Å². The molecule has 2 unspecified atom stereocenters. The average Bonchev–Trinajstić information content (AvgIpc) is 2.26. The number of phenols is 1. The Hall–Kier alpha value is -1.55. The molecule has 1 aromatic carbocycles. The summed E-state index contributed by atoms with van der Waals surface area (Å²) in [6.45, 7) is 3.93. The van der Waals surface area contributed by atoms with Crippen molar-refractivity contribution in [1.82, 2.24) is 5.32 Å². The van der Waals surface area contributed by atoms with Crippen LogP contribution in [0.25, 0.3) is 0 Å². The van der Waals surface area contributed by atoms with Crippen molar-refractivity contribution in [3.63, 3.8) is 0 Å². The topological polar surface area (TPSA) is 69.6 Å². The quantitative estimate of drug-likeness (QED) is 0.713. The highest BCUT2D eigenvalue weighted by molar-refractivity contribution is 5.75. The molecule has 0 heterocycles. The van der Waals surface area contributed by atoms with Gasteiger partial charge in [0, 0.05) is 6.04 Å². The Morgan fingerprint density at radius 3 is 2.38 bits per heavy atom. The molecule has 0 aliphatic carbocycles. The summed E-state index contributed by atoms with van der Waals surface area (Å²) in [4.78, 5) is 11.1. The molecule has 0 saturated heterocycles. The van der Waals surface area contributed by atoms with Gasteiger partial charge in [-0.3, -0.25) is 10.1 Å². The zero-order chi connectivity index (χ0) is 12.1. The first kappa shape index (κ1) is 12.5. The molecule has 2 atom stereocenters. The van der Waals surface area contributed by atoms with Crippen LogP contribution in [0.3, 0.4) is 0 Å². The van der Waals surface area contributed by atoms with E-state index >= 15 is 0 Å². The number of carbonyl (C=O) groups is 1. The maximum absolute atomic E-state index is 11.1. The predicted molar refractivity (Wildman–Crippen MR) is 61.4 cm³/mol. The number of aromatic hydroxyl groups is 1. The minimum Gasteiger partial charge on any atom is -0.508 e. The number of carboxylic acids is 1. The van der Waals surface area contributed by atoms with Gasteiger partial charge in [-0.2, -0.15) is 0 Å². The van der Waals surface area contributed by atoms with Crippen LogP contribution in [0.15, 0.2) is 24.3 Å². The Morgan fingerprint density at radius 1 is 1.38 bits per heavy atom. The van der Waals surface area contributed by atoms with Gasteiger partial charge < -0.3 is 10.2 Å². The largest absolute Gasteiger partial charge is 0.508 e. The molecule has 1 rings (SSSR count). The Kier molecular flexibility index (Phi) is 4.31. The monoisotopic (exact) mass is 223 g/mol. The summed E-state index contributed by atoms with van der Waals surface area (Å²) in [5, 5.41) is 21.3. The first-order valence-corrected chi connectivity index (χ1v) is 5.32. The Labute approximate surface area is 94.9 Å². The zero-order valence-corrected chi connectivity index (χ0v) is 9.47. The predicted octanol–water partition coefficient (Wildman–Crippen LogP) is 1.91. The van der Waals surface area contributed by atoms with E-state index in [-0.39, 0.29) is 11.8 Å². The van der Waals surface area contributed by atoms with Crippen molar-refractivity contribution in [2.24, 2.45) is 0 Å². The minimum atomic E-state index is -0.911. The highest BCUT2D eigenvalue weighted by Gasteiger charge is 2.20. The summed E-state index contributed by atoms with van der Waals surface area (Å²) >= 11 is 0. The van der Waals surface area contributed by atoms with E-state index < -0.39 is 12.0 Å². The molecular formula is C12H17NO3. The Morgan fingerprint density at radius 2 is 1.94 bits per heavy atom. The number of hydrogen-bond donors (Lipinski definition) is 3. The molecule has 3 N–H and O–H groups in total. The first-order valence-electron chi connectivity index (χ1n) is 5.32. The second-order valence-corrected chi connectivity index (χ2v) is 3.84. The number of phenolic OH excluding ortho intramolecular Hbond substituents is 1. The van der Waals surface area contributed by atoms with Crippen LogP contribution in [0.2, 0.25) is 0 Å². The summed E-state index contributed by atoms with van der Waals surface area (Å²) in [6.07, 6.45) is 0.863. The maximum atomic E-state index is 11.1. The van der Waals surface area contributed by atoms with Crippen molar-refractivity contribution in [1.29, 1.82) is 0 Å². The first-order chi connectivity index (χ1) is 7.54. The van der Waals surface area contributed by atoms with Gasteiger partial charge in [0.2, 0.25) is 0 Å². The molecule has 0 radical (unpaired) electrons. The van der Waals surface area contributed by atoms with Crippen molar-refractivity contribution in [2.45, 2.75) is 32.4 Å². The van der Waals surface area contributed by atoms with E-state index in [1.165, 1.54) is 12.1 Å². The fraction of sp³-hybridized carbons (Fsp3) is 0.417. The number of aliphatic carboxylic acids is 1. The molecule has 4 heteroatoms. The van der Waals surface area contributed by atoms with Gasteiger partial charge in [0.25, 0.3) is 0 Å². The van der Waals surface area contributed by atoms with Crippen LogP contribution in [0, 0.1) is 0 Å². The number of nitrogens with one attached hydrogen (secondary N) is 1. The van der Waals surface area contributed by atoms with E-state index in [0.717, 1.165) is 6.42 Å². The molecule has 0 amide bonds. The van der Waals surface area contributed by atoms with E-state index in [9.17, 15) is 4.79 Å². The third-order valence-electron chi connectivity index (χ3n) is 2.54. The average molecular weight is 223 g/mol. The summed E-state index contributed by atoms with van der Waals surface area (Å²) < 4.78 is 0. The van der Waals surface area contributed by atoms with Gasteiger partial charge in [-0.25, -0.2) is 0 Å². The third kappa shape index (κ3) is 3.24. The van der Waals surface area contributed by atoms with Crippen LogP contribution in [-0.2, 0) is 4.79 Å². The van der Waals surface area contributed by atoms with Crippen LogP contribution in [0.1, 0.15) is 31.9 Å². The Bertz CT molecular complexity index is 348. The lowest BCUT2D eigenvalue weighted by Gasteiger charge is -2.19. The summed E-state index contributed by atoms with van der Waals surface area (Å²) in [5.74, 6) is -0.776. The fourth-order valence-corrected chi connectivity index (χ4v) is 1.38. The van der Waals surface area contributed by atoms with Crippen molar-refractivity contribution < 1.29 is 15.0 Å². The van der Waals surface area contributed by atoms with Crippen LogP contribution in [0.5, 0.6) is 5.75 Å². The number of benzene rings is 1. The molecule has 16 heavy (non-hydrogen) atoms. The molecule has 0 aliphatic rings. The third-order valence-corrected chi connectivity index (χ3v) is 2.54. The molecule has 0 saturated carbocycles. The van der Waals surface area contributed by atoms with Gasteiger partial charge in [-0.05, 0) is 31.0 Å². The highest BCUT2D eigenvalue weighted by atomic mass is 16.4. The van der Waals surface area contributed by atoms with Crippen molar-refractivity contribution in [2.75, 3.05) is 0 Å². The van der Waals surface area contributed by atoms with Crippen molar-refractivity contribution in [3.8, 4) is 5.75 Å². The molecule has 0 aromatic heterocycles. The van der Waals surface area contributed by atoms with Crippen molar-refractivity contribution in [3.05, 3.63) is 29.8 Å². The molecule has 0 fully saturated rings. The standard InChI is InChI=1S/C12H17NO3/c1-3-8(2)13-11(12(15)16)9-4-6-10(14)7-5-9/h4-8,11,13-14H,3H2,1-2H3,(H,15,16). The van der Waals surface area contributed by atoms with Crippen molar-refractivity contribution >= 4 is 5.97 Å². The number of hydrogen-bond acceptors (Lipinski definition) is 3. The fourth-order valence-electron chi connectivity index (χ4n) is 1.38. The Balaban J connectivity index is 2.85.